The predicted octanol–water partition coefficient (Wildman–Crippen LogP) is 0.228. The summed E-state index contributed by atoms with van der Waals surface area (Å²) < 4.78 is 5.01. The van der Waals surface area contributed by atoms with Crippen LogP contribution in [0.2, 0.25) is 0 Å². The van der Waals surface area contributed by atoms with Crippen LogP contribution >= 0.6 is 0 Å². The van der Waals surface area contributed by atoms with E-state index in [-0.39, 0.29) is 12.3 Å². The van der Waals surface area contributed by atoms with Crippen LogP contribution in [0.25, 0.3) is 0 Å². The summed E-state index contributed by atoms with van der Waals surface area (Å²) in [6.07, 6.45) is 0.272. The van der Waals surface area contributed by atoms with E-state index in [0.29, 0.717) is 0 Å². The molecule has 1 aromatic rings. The summed E-state index contributed by atoms with van der Waals surface area (Å²) in [6.45, 7) is 0. The lowest BCUT2D eigenvalue weighted by Gasteiger charge is -2.02. The van der Waals surface area contributed by atoms with Gasteiger partial charge in [-0.15, -0.1) is 0 Å². The van der Waals surface area contributed by atoms with Crippen molar-refractivity contribution < 1.29 is 9.53 Å². The molecule has 0 bridgehead atoms. The molecular formula is C9H12N2O2. The van der Waals surface area contributed by atoms with Gasteiger partial charge in [-0.2, -0.15) is 0 Å². The van der Waals surface area contributed by atoms with Gasteiger partial charge in [0.2, 0.25) is 5.91 Å². The van der Waals surface area contributed by atoms with Crippen LogP contribution in [0.5, 0.6) is 5.75 Å². The summed E-state index contributed by atoms with van der Waals surface area (Å²) in [7, 11) is 1.59. The molecule has 0 saturated heterocycles. The number of amides is 1. The first-order valence-corrected chi connectivity index (χ1v) is 3.88. The fourth-order valence-corrected chi connectivity index (χ4v) is 1.02. The third-order valence-electron chi connectivity index (χ3n) is 1.66. The Morgan fingerprint density at radius 1 is 1.62 bits per heavy atom. The first-order valence-electron chi connectivity index (χ1n) is 3.88. The van der Waals surface area contributed by atoms with Crippen molar-refractivity contribution in [3.63, 3.8) is 0 Å². The largest absolute Gasteiger partial charge is 0.497 e. The molecule has 0 fully saturated rings. The van der Waals surface area contributed by atoms with Crippen LogP contribution in [0.1, 0.15) is 5.56 Å². The van der Waals surface area contributed by atoms with Crippen LogP contribution in [-0.4, -0.2) is 13.0 Å². The van der Waals surface area contributed by atoms with Gasteiger partial charge in [0.25, 0.3) is 0 Å². The Hall–Kier alpha value is -1.55. The molecule has 0 spiro atoms. The third kappa shape index (κ3) is 2.76. The fraction of sp³-hybridized carbons (Fsp3) is 0.222. The second-order valence-electron chi connectivity index (χ2n) is 2.60. The highest BCUT2D eigenvalue weighted by Gasteiger charge is 2.01. The number of hydrogen-bond donors (Lipinski definition) is 2. The van der Waals surface area contributed by atoms with Gasteiger partial charge in [-0.05, 0) is 17.7 Å². The number of hydrazine groups is 1. The number of nitrogens with one attached hydrogen (secondary N) is 1. The molecule has 0 aliphatic heterocycles. The minimum atomic E-state index is -0.215. The van der Waals surface area contributed by atoms with Gasteiger partial charge in [0.15, 0.2) is 0 Å². The molecule has 0 atom stereocenters. The topological polar surface area (TPSA) is 64.3 Å². The van der Waals surface area contributed by atoms with E-state index in [2.05, 4.69) is 5.43 Å². The summed E-state index contributed by atoms with van der Waals surface area (Å²) in [6, 6.07) is 7.30. The van der Waals surface area contributed by atoms with Crippen molar-refractivity contribution in [2.24, 2.45) is 5.84 Å². The quantitative estimate of drug-likeness (QED) is 0.397. The molecule has 4 nitrogen and oxygen atoms in total. The van der Waals surface area contributed by atoms with Gasteiger partial charge in [-0.1, -0.05) is 12.1 Å². The summed E-state index contributed by atoms with van der Waals surface area (Å²) >= 11 is 0. The van der Waals surface area contributed by atoms with Crippen molar-refractivity contribution in [1.82, 2.24) is 5.43 Å². The molecule has 70 valence electrons. The third-order valence-corrected chi connectivity index (χ3v) is 1.66. The van der Waals surface area contributed by atoms with E-state index in [1.54, 1.807) is 13.2 Å². The Balaban J connectivity index is 2.71. The van der Waals surface area contributed by atoms with Crippen LogP contribution in [0.15, 0.2) is 24.3 Å². The Bertz CT molecular complexity index is 299. The van der Waals surface area contributed by atoms with E-state index in [1.807, 2.05) is 18.2 Å². The maximum atomic E-state index is 10.9. The van der Waals surface area contributed by atoms with Crippen molar-refractivity contribution in [1.29, 1.82) is 0 Å². The van der Waals surface area contributed by atoms with Crippen LogP contribution < -0.4 is 16.0 Å². The first kappa shape index (κ1) is 9.54. The fourth-order valence-electron chi connectivity index (χ4n) is 1.02. The average Bonchev–Trinajstić information content (AvgIpc) is 2.18. The molecule has 0 aliphatic rings. The number of hydrogen-bond acceptors (Lipinski definition) is 3. The predicted molar refractivity (Wildman–Crippen MR) is 49.0 cm³/mol. The highest BCUT2D eigenvalue weighted by Crippen LogP contribution is 2.12. The van der Waals surface area contributed by atoms with Gasteiger partial charge < -0.3 is 4.74 Å². The number of ether oxygens (including phenoxy) is 1. The Labute approximate surface area is 76.7 Å². The molecule has 4 heteroatoms. The molecule has 1 amide bonds. The van der Waals surface area contributed by atoms with Crippen molar-refractivity contribution in [3.8, 4) is 5.75 Å². The second-order valence-corrected chi connectivity index (χ2v) is 2.60. The average molecular weight is 180 g/mol. The lowest BCUT2D eigenvalue weighted by Crippen LogP contribution is -2.31. The Morgan fingerprint density at radius 3 is 3.00 bits per heavy atom. The van der Waals surface area contributed by atoms with Crippen LogP contribution in [0, 0.1) is 0 Å². The molecule has 0 saturated carbocycles. The summed E-state index contributed by atoms with van der Waals surface area (Å²) in [5, 5.41) is 0. The minimum Gasteiger partial charge on any atom is -0.497 e. The zero-order chi connectivity index (χ0) is 9.68. The van der Waals surface area contributed by atoms with Gasteiger partial charge >= 0.3 is 0 Å². The smallest absolute Gasteiger partial charge is 0.238 e. The molecule has 0 aliphatic carbocycles. The molecular weight excluding hydrogens is 168 g/mol. The van der Waals surface area contributed by atoms with Crippen molar-refractivity contribution in [3.05, 3.63) is 29.8 Å². The summed E-state index contributed by atoms with van der Waals surface area (Å²) in [5.41, 5.74) is 2.95. The maximum Gasteiger partial charge on any atom is 0.238 e. The van der Waals surface area contributed by atoms with Gasteiger partial charge in [0.1, 0.15) is 5.75 Å². The Kier molecular flexibility index (Phi) is 3.28. The monoisotopic (exact) mass is 180 g/mol. The van der Waals surface area contributed by atoms with Crippen molar-refractivity contribution >= 4 is 5.91 Å². The van der Waals surface area contributed by atoms with Gasteiger partial charge in [-0.3, -0.25) is 10.2 Å². The number of benzene rings is 1. The van der Waals surface area contributed by atoms with E-state index >= 15 is 0 Å². The summed E-state index contributed by atoms with van der Waals surface area (Å²) in [5.74, 6) is 5.48. The number of nitrogens with two attached hydrogens (primary N) is 1. The van der Waals surface area contributed by atoms with Gasteiger partial charge in [-0.25, -0.2) is 5.84 Å². The zero-order valence-electron chi connectivity index (χ0n) is 7.41. The molecule has 0 aromatic heterocycles. The van der Waals surface area contributed by atoms with E-state index in [4.69, 9.17) is 10.6 Å². The lowest BCUT2D eigenvalue weighted by molar-refractivity contribution is -0.120. The van der Waals surface area contributed by atoms with Crippen LogP contribution in [0.3, 0.4) is 0 Å². The molecule has 13 heavy (non-hydrogen) atoms. The summed E-state index contributed by atoms with van der Waals surface area (Å²) in [4.78, 5) is 10.9. The first-order chi connectivity index (χ1) is 6.26. The highest BCUT2D eigenvalue weighted by molar-refractivity contribution is 5.77. The molecule has 0 unspecified atom stereocenters. The number of carbonyl (C=O) groups excluding carboxylic acids is 1. The standard InChI is InChI=1S/C9H12N2O2/c1-13-8-4-2-3-7(5-8)6-9(12)11-10/h2-5H,6,10H2,1H3,(H,11,12). The Morgan fingerprint density at radius 2 is 2.38 bits per heavy atom. The number of carbonyl (C=O) groups is 1. The van der Waals surface area contributed by atoms with Crippen molar-refractivity contribution in [2.45, 2.75) is 6.42 Å². The molecule has 1 aromatic carbocycles. The van der Waals surface area contributed by atoms with E-state index < -0.39 is 0 Å². The van der Waals surface area contributed by atoms with Crippen LogP contribution in [-0.2, 0) is 11.2 Å². The van der Waals surface area contributed by atoms with E-state index in [1.165, 1.54) is 0 Å². The van der Waals surface area contributed by atoms with Crippen LogP contribution in [0.4, 0.5) is 0 Å². The second kappa shape index (κ2) is 4.47. The van der Waals surface area contributed by atoms with Gasteiger partial charge in [0, 0.05) is 0 Å². The lowest BCUT2D eigenvalue weighted by atomic mass is 10.1. The number of rotatable bonds is 3. The van der Waals surface area contributed by atoms with E-state index in [0.717, 1.165) is 11.3 Å². The zero-order valence-corrected chi connectivity index (χ0v) is 7.41. The number of methoxy groups -OCH3 is 1. The molecule has 1 rings (SSSR count). The minimum absolute atomic E-state index is 0.215. The normalized spacial score (nSPS) is 9.38. The van der Waals surface area contributed by atoms with Crippen molar-refractivity contribution in [2.75, 3.05) is 7.11 Å². The van der Waals surface area contributed by atoms with Gasteiger partial charge in [0.05, 0.1) is 13.5 Å². The SMILES string of the molecule is COc1cccc(CC(=O)NN)c1. The molecule has 0 heterocycles. The molecule has 3 N–H and O–H groups in total. The maximum absolute atomic E-state index is 10.9. The highest BCUT2D eigenvalue weighted by atomic mass is 16.5. The molecule has 0 radical (unpaired) electrons. The van der Waals surface area contributed by atoms with E-state index in [9.17, 15) is 4.79 Å².